The van der Waals surface area contributed by atoms with Crippen molar-refractivity contribution < 1.29 is 4.74 Å². The lowest BCUT2D eigenvalue weighted by atomic mass is 10.3. The first kappa shape index (κ1) is 14.6. The average molecular weight is 329 g/mol. The van der Waals surface area contributed by atoms with Crippen molar-refractivity contribution in [3.63, 3.8) is 0 Å². The van der Waals surface area contributed by atoms with Gasteiger partial charge in [0, 0.05) is 5.02 Å². The van der Waals surface area contributed by atoms with Crippen LogP contribution >= 0.6 is 22.9 Å². The van der Waals surface area contributed by atoms with Gasteiger partial charge in [-0.05, 0) is 47.8 Å². The van der Waals surface area contributed by atoms with Crippen LogP contribution in [0.2, 0.25) is 5.02 Å². The summed E-state index contributed by atoms with van der Waals surface area (Å²) < 4.78 is 5.84. The van der Waals surface area contributed by atoms with E-state index in [-0.39, 0.29) is 0 Å². The van der Waals surface area contributed by atoms with E-state index in [4.69, 9.17) is 16.3 Å². The minimum Gasteiger partial charge on any atom is -0.456 e. The Morgan fingerprint density at radius 2 is 1.77 bits per heavy atom. The van der Waals surface area contributed by atoms with E-state index in [2.05, 4.69) is 10.5 Å². The zero-order valence-corrected chi connectivity index (χ0v) is 13.1. The van der Waals surface area contributed by atoms with Gasteiger partial charge in [0.25, 0.3) is 0 Å². The third-order valence-electron chi connectivity index (χ3n) is 2.85. The molecular formula is C17H13ClN2OS. The molecule has 0 bridgehead atoms. The number of halogens is 1. The molecule has 1 heterocycles. The Balaban J connectivity index is 1.67. The third-order valence-corrected chi connectivity index (χ3v) is 3.93. The van der Waals surface area contributed by atoms with Crippen molar-refractivity contribution in [3.8, 4) is 11.5 Å². The van der Waals surface area contributed by atoms with E-state index in [0.717, 1.165) is 22.1 Å². The number of hydrogen-bond acceptors (Lipinski definition) is 4. The van der Waals surface area contributed by atoms with Crippen molar-refractivity contribution in [2.24, 2.45) is 5.10 Å². The van der Waals surface area contributed by atoms with Gasteiger partial charge in [-0.1, -0.05) is 29.8 Å². The molecule has 0 fully saturated rings. The van der Waals surface area contributed by atoms with Gasteiger partial charge >= 0.3 is 0 Å². The lowest BCUT2D eigenvalue weighted by molar-refractivity contribution is 0.484. The average Bonchev–Trinajstić information content (AvgIpc) is 2.98. The molecule has 0 amide bonds. The maximum absolute atomic E-state index is 5.84. The van der Waals surface area contributed by atoms with Crippen LogP contribution in [0.25, 0.3) is 0 Å². The lowest BCUT2D eigenvalue weighted by Crippen LogP contribution is -1.90. The summed E-state index contributed by atoms with van der Waals surface area (Å²) in [4.78, 5) is 0.949. The van der Waals surface area contributed by atoms with E-state index < -0.39 is 0 Å². The van der Waals surface area contributed by atoms with Crippen LogP contribution < -0.4 is 10.2 Å². The van der Waals surface area contributed by atoms with Crippen LogP contribution in [0.3, 0.4) is 0 Å². The number of anilines is 1. The van der Waals surface area contributed by atoms with Crippen molar-refractivity contribution >= 4 is 34.8 Å². The monoisotopic (exact) mass is 328 g/mol. The summed E-state index contributed by atoms with van der Waals surface area (Å²) in [5.74, 6) is 1.60. The normalized spacial score (nSPS) is 10.8. The Labute approximate surface area is 137 Å². The van der Waals surface area contributed by atoms with Crippen LogP contribution in [0.4, 0.5) is 5.69 Å². The minimum atomic E-state index is 0.700. The Morgan fingerprint density at radius 3 is 2.55 bits per heavy atom. The summed E-state index contributed by atoms with van der Waals surface area (Å²) in [6.45, 7) is 0. The van der Waals surface area contributed by atoms with Crippen LogP contribution in [0.5, 0.6) is 11.5 Å². The van der Waals surface area contributed by atoms with Gasteiger partial charge in [-0.2, -0.15) is 5.10 Å². The van der Waals surface area contributed by atoms with Crippen LogP contribution in [0, 0.1) is 0 Å². The Morgan fingerprint density at radius 1 is 1.00 bits per heavy atom. The van der Waals surface area contributed by atoms with E-state index in [0.29, 0.717) is 5.02 Å². The van der Waals surface area contributed by atoms with E-state index in [1.165, 1.54) is 0 Å². The number of nitrogens with one attached hydrogen (secondary N) is 1. The summed E-state index contributed by atoms with van der Waals surface area (Å²) in [6.07, 6.45) is 1.75. The number of hydrazone groups is 1. The van der Waals surface area contributed by atoms with Crippen molar-refractivity contribution in [2.75, 3.05) is 5.43 Å². The number of benzene rings is 2. The molecule has 5 heteroatoms. The first-order valence-electron chi connectivity index (χ1n) is 6.66. The van der Waals surface area contributed by atoms with Crippen molar-refractivity contribution in [1.29, 1.82) is 0 Å². The summed E-state index contributed by atoms with van der Waals surface area (Å²) in [5, 5.41) is 6.90. The van der Waals surface area contributed by atoms with Gasteiger partial charge in [0.2, 0.25) is 0 Å². The molecular weight excluding hydrogens is 316 g/mol. The van der Waals surface area contributed by atoms with E-state index in [1.807, 2.05) is 66.0 Å². The van der Waals surface area contributed by atoms with E-state index in [9.17, 15) is 0 Å². The predicted molar refractivity (Wildman–Crippen MR) is 93.5 cm³/mol. The molecule has 2 aromatic carbocycles. The van der Waals surface area contributed by atoms with Gasteiger partial charge in [-0.25, -0.2) is 0 Å². The second-order valence-corrected chi connectivity index (χ2v) is 5.83. The number of nitrogens with zero attached hydrogens (tertiary/aromatic N) is 1. The predicted octanol–water partition coefficient (Wildman–Crippen LogP) is 5.64. The molecule has 1 N–H and O–H groups in total. The number of rotatable bonds is 5. The summed E-state index contributed by atoms with van der Waals surface area (Å²) in [6, 6.07) is 19.0. The second-order valence-electron chi connectivity index (χ2n) is 4.44. The molecule has 1 aromatic heterocycles. The topological polar surface area (TPSA) is 33.6 Å². The molecule has 0 radical (unpaired) electrons. The molecule has 0 saturated carbocycles. The molecule has 3 nitrogen and oxygen atoms in total. The van der Waals surface area contributed by atoms with Crippen molar-refractivity contribution in [3.05, 3.63) is 75.9 Å². The zero-order valence-electron chi connectivity index (χ0n) is 11.6. The highest BCUT2D eigenvalue weighted by atomic mass is 35.5. The summed E-state index contributed by atoms with van der Waals surface area (Å²) in [5.41, 5.74) is 3.84. The molecule has 0 aliphatic heterocycles. The molecule has 0 unspecified atom stereocenters. The quantitative estimate of drug-likeness (QED) is 0.485. The molecule has 3 aromatic rings. The molecule has 22 heavy (non-hydrogen) atoms. The van der Waals surface area contributed by atoms with E-state index in [1.54, 1.807) is 17.6 Å². The van der Waals surface area contributed by atoms with Crippen molar-refractivity contribution in [1.82, 2.24) is 0 Å². The number of para-hydroxylation sites is 1. The molecule has 0 aliphatic carbocycles. The summed E-state index contributed by atoms with van der Waals surface area (Å²) >= 11 is 7.41. The fraction of sp³-hybridized carbons (Fsp3) is 0. The fourth-order valence-corrected chi connectivity index (χ4v) is 2.60. The summed E-state index contributed by atoms with van der Waals surface area (Å²) in [7, 11) is 0. The molecule has 110 valence electrons. The van der Waals surface area contributed by atoms with Gasteiger partial charge in [0.15, 0.2) is 0 Å². The molecule has 3 rings (SSSR count). The van der Waals surface area contributed by atoms with Crippen LogP contribution in [-0.4, -0.2) is 6.21 Å². The standard InChI is InChI=1S/C17H13ClN2OS/c18-13-6-8-14(9-7-13)20-19-12-17-16(10-11-22-17)21-15-4-2-1-3-5-15/h1-12,20H/b19-12-. The Bertz CT molecular complexity index is 754. The number of ether oxygens (including phenoxy) is 1. The molecule has 0 saturated heterocycles. The first-order chi connectivity index (χ1) is 10.8. The largest absolute Gasteiger partial charge is 0.456 e. The highest BCUT2D eigenvalue weighted by Gasteiger charge is 2.04. The van der Waals surface area contributed by atoms with Gasteiger partial charge in [0.05, 0.1) is 16.8 Å². The maximum atomic E-state index is 5.84. The molecule has 0 spiro atoms. The number of thiophene rings is 1. The maximum Gasteiger partial charge on any atom is 0.147 e. The number of hydrogen-bond donors (Lipinski definition) is 1. The van der Waals surface area contributed by atoms with Crippen LogP contribution in [0.15, 0.2) is 71.1 Å². The van der Waals surface area contributed by atoms with Crippen molar-refractivity contribution in [2.45, 2.75) is 0 Å². The molecule has 0 atom stereocenters. The smallest absolute Gasteiger partial charge is 0.147 e. The molecule has 0 aliphatic rings. The second kappa shape index (κ2) is 7.11. The Hall–Kier alpha value is -2.30. The zero-order chi connectivity index (χ0) is 15.2. The highest BCUT2D eigenvalue weighted by molar-refractivity contribution is 7.12. The van der Waals surface area contributed by atoms with Crippen LogP contribution in [0.1, 0.15) is 4.88 Å². The van der Waals surface area contributed by atoms with E-state index >= 15 is 0 Å². The van der Waals surface area contributed by atoms with Gasteiger partial charge < -0.3 is 4.74 Å². The fourth-order valence-electron chi connectivity index (χ4n) is 1.79. The van der Waals surface area contributed by atoms with Crippen LogP contribution in [-0.2, 0) is 0 Å². The SMILES string of the molecule is Clc1ccc(N/N=C\c2sccc2Oc2ccccc2)cc1. The Kier molecular flexibility index (Phi) is 4.73. The van der Waals surface area contributed by atoms with Gasteiger partial charge in [0.1, 0.15) is 11.5 Å². The minimum absolute atomic E-state index is 0.700. The van der Waals surface area contributed by atoms with Gasteiger partial charge in [-0.15, -0.1) is 11.3 Å². The van der Waals surface area contributed by atoms with Gasteiger partial charge in [-0.3, -0.25) is 5.43 Å². The lowest BCUT2D eigenvalue weighted by Gasteiger charge is -2.04. The first-order valence-corrected chi connectivity index (χ1v) is 7.92. The highest BCUT2D eigenvalue weighted by Crippen LogP contribution is 2.28. The third kappa shape index (κ3) is 3.87.